The van der Waals surface area contributed by atoms with Crippen LogP contribution in [0.5, 0.6) is 11.5 Å². The summed E-state index contributed by atoms with van der Waals surface area (Å²) < 4.78 is 20.9. The van der Waals surface area contributed by atoms with Crippen molar-refractivity contribution >= 4 is 11.4 Å². The predicted octanol–water partition coefficient (Wildman–Crippen LogP) is 5.06. The average molecular weight is 395 g/mol. The van der Waals surface area contributed by atoms with E-state index in [9.17, 15) is 0 Å². The molecule has 2 rings (SSSR count). The lowest BCUT2D eigenvalue weighted by atomic mass is 10.3. The van der Waals surface area contributed by atoms with Crippen molar-refractivity contribution in [1.82, 2.24) is 0 Å². The number of benzene rings is 2. The Kier molecular flexibility index (Phi) is 16.6. The third-order valence-electron chi connectivity index (χ3n) is 3.38. The van der Waals surface area contributed by atoms with Crippen molar-refractivity contribution in [3.63, 3.8) is 0 Å². The molecule has 0 amide bonds. The molecule has 0 saturated heterocycles. The summed E-state index contributed by atoms with van der Waals surface area (Å²) in [5.41, 5.74) is 7.21. The van der Waals surface area contributed by atoms with Gasteiger partial charge in [-0.3, -0.25) is 0 Å². The van der Waals surface area contributed by atoms with Crippen molar-refractivity contribution in [2.75, 3.05) is 45.0 Å². The highest BCUT2D eigenvalue weighted by atomic mass is 16.7. The number of anilines is 2. The van der Waals surface area contributed by atoms with Gasteiger partial charge in [-0.05, 0) is 62.4 Å². The quantitative estimate of drug-likeness (QED) is 0.458. The molecule has 160 valence electrons. The standard InChI is InChI=1S/C13H21NO3.C7H9NO.2CH4/c1-4-16-13(17-5-2)10-14-11-6-8-12(15-3)9-7-11;1-9-7-4-2-6(8)3-5-7;;/h6-9,13-14H,4-5,10H2,1-3H3;2-5H,8H2,1H3;2*1H4. The van der Waals surface area contributed by atoms with Gasteiger partial charge in [0.15, 0.2) is 6.29 Å². The Labute approximate surface area is 170 Å². The molecule has 3 N–H and O–H groups in total. The molecule has 0 radical (unpaired) electrons. The Bertz CT molecular complexity index is 582. The lowest BCUT2D eigenvalue weighted by molar-refractivity contribution is -0.126. The Morgan fingerprint density at radius 1 is 0.786 bits per heavy atom. The van der Waals surface area contributed by atoms with Crippen LogP contribution in [0.1, 0.15) is 28.7 Å². The third kappa shape index (κ3) is 11.3. The maximum atomic E-state index is 5.44. The first-order chi connectivity index (χ1) is 12.6. The van der Waals surface area contributed by atoms with Gasteiger partial charge in [-0.1, -0.05) is 14.9 Å². The summed E-state index contributed by atoms with van der Waals surface area (Å²) in [7, 11) is 3.29. The van der Waals surface area contributed by atoms with Crippen LogP contribution in [-0.2, 0) is 9.47 Å². The van der Waals surface area contributed by atoms with Crippen LogP contribution in [0.4, 0.5) is 11.4 Å². The summed E-state index contributed by atoms with van der Waals surface area (Å²) in [6.07, 6.45) is -0.202. The van der Waals surface area contributed by atoms with Crippen LogP contribution >= 0.6 is 0 Å². The number of nitrogen functional groups attached to an aromatic ring is 1. The number of ether oxygens (including phenoxy) is 4. The number of nitrogens with one attached hydrogen (secondary N) is 1. The maximum absolute atomic E-state index is 5.44. The highest BCUT2D eigenvalue weighted by Gasteiger charge is 2.06. The van der Waals surface area contributed by atoms with Gasteiger partial charge in [-0.2, -0.15) is 0 Å². The van der Waals surface area contributed by atoms with E-state index in [4.69, 9.17) is 24.7 Å². The maximum Gasteiger partial charge on any atom is 0.174 e. The lowest BCUT2D eigenvalue weighted by Crippen LogP contribution is -2.26. The monoisotopic (exact) mass is 394 g/mol. The van der Waals surface area contributed by atoms with Crippen LogP contribution in [0.25, 0.3) is 0 Å². The van der Waals surface area contributed by atoms with Crippen LogP contribution in [0.3, 0.4) is 0 Å². The lowest BCUT2D eigenvalue weighted by Gasteiger charge is -2.18. The largest absolute Gasteiger partial charge is 0.497 e. The van der Waals surface area contributed by atoms with Crippen molar-refractivity contribution in [2.45, 2.75) is 35.0 Å². The molecule has 0 bridgehead atoms. The molecule has 0 aliphatic rings. The van der Waals surface area contributed by atoms with Crippen LogP contribution < -0.4 is 20.5 Å². The van der Waals surface area contributed by atoms with Gasteiger partial charge in [0, 0.05) is 24.6 Å². The van der Waals surface area contributed by atoms with E-state index in [-0.39, 0.29) is 21.1 Å². The molecule has 0 spiro atoms. The Hall–Kier alpha value is -2.44. The molecule has 28 heavy (non-hydrogen) atoms. The molecule has 0 atom stereocenters. The van der Waals surface area contributed by atoms with Crippen molar-refractivity contribution in [3.05, 3.63) is 48.5 Å². The minimum Gasteiger partial charge on any atom is -0.497 e. The van der Waals surface area contributed by atoms with Crippen LogP contribution in [0.2, 0.25) is 0 Å². The zero-order valence-electron chi connectivity index (χ0n) is 16.0. The van der Waals surface area contributed by atoms with Gasteiger partial charge < -0.3 is 30.0 Å². The van der Waals surface area contributed by atoms with E-state index in [0.29, 0.717) is 19.8 Å². The fourth-order valence-electron chi connectivity index (χ4n) is 2.05. The van der Waals surface area contributed by atoms with E-state index < -0.39 is 0 Å². The molecule has 6 heteroatoms. The van der Waals surface area contributed by atoms with Gasteiger partial charge in [0.05, 0.1) is 20.8 Å². The molecule has 0 aliphatic carbocycles. The summed E-state index contributed by atoms with van der Waals surface area (Å²) in [6.45, 7) is 5.84. The SMILES string of the molecule is C.C.CCOC(CNc1ccc(OC)cc1)OCC.COc1ccc(N)cc1. The van der Waals surface area contributed by atoms with Crippen LogP contribution in [-0.4, -0.2) is 40.3 Å². The molecule has 0 aromatic heterocycles. The van der Waals surface area contributed by atoms with Crippen molar-refractivity contribution in [1.29, 1.82) is 0 Å². The van der Waals surface area contributed by atoms with Crippen molar-refractivity contribution in [2.24, 2.45) is 0 Å². The highest BCUT2D eigenvalue weighted by Crippen LogP contribution is 2.15. The molecule has 0 fully saturated rings. The molecule has 0 aliphatic heterocycles. The van der Waals surface area contributed by atoms with Crippen LogP contribution in [0, 0.1) is 0 Å². The van der Waals surface area contributed by atoms with E-state index in [1.54, 1.807) is 26.4 Å². The second-order valence-electron chi connectivity index (χ2n) is 5.22. The number of methoxy groups -OCH3 is 2. The van der Waals surface area contributed by atoms with E-state index >= 15 is 0 Å². The molecule has 6 nitrogen and oxygen atoms in total. The fraction of sp³-hybridized carbons (Fsp3) is 0.455. The van der Waals surface area contributed by atoms with Gasteiger partial charge in [-0.15, -0.1) is 0 Å². The third-order valence-corrected chi connectivity index (χ3v) is 3.38. The summed E-state index contributed by atoms with van der Waals surface area (Å²) >= 11 is 0. The predicted molar refractivity (Wildman–Crippen MR) is 119 cm³/mol. The number of rotatable bonds is 9. The molecular weight excluding hydrogens is 356 g/mol. The van der Waals surface area contributed by atoms with E-state index in [1.807, 2.05) is 50.2 Å². The van der Waals surface area contributed by atoms with Gasteiger partial charge in [0.25, 0.3) is 0 Å². The van der Waals surface area contributed by atoms with E-state index in [2.05, 4.69) is 5.32 Å². The smallest absolute Gasteiger partial charge is 0.174 e. The fourth-order valence-corrected chi connectivity index (χ4v) is 2.05. The van der Waals surface area contributed by atoms with Crippen molar-refractivity contribution in [3.8, 4) is 11.5 Å². The molecule has 0 unspecified atom stereocenters. The summed E-state index contributed by atoms with van der Waals surface area (Å²) in [5, 5.41) is 3.26. The average Bonchev–Trinajstić information content (AvgIpc) is 2.68. The number of hydrogen-bond donors (Lipinski definition) is 2. The van der Waals surface area contributed by atoms with Gasteiger partial charge >= 0.3 is 0 Å². The molecule has 2 aromatic carbocycles. The highest BCUT2D eigenvalue weighted by molar-refractivity contribution is 5.46. The zero-order chi connectivity index (χ0) is 19.2. The van der Waals surface area contributed by atoms with Gasteiger partial charge in [-0.25, -0.2) is 0 Å². The Morgan fingerprint density at radius 3 is 1.61 bits per heavy atom. The topological polar surface area (TPSA) is 75.0 Å². The second kappa shape index (κ2) is 16.7. The van der Waals surface area contributed by atoms with E-state index in [1.165, 1.54) is 0 Å². The van der Waals surface area contributed by atoms with Crippen LogP contribution in [0.15, 0.2) is 48.5 Å². The zero-order valence-corrected chi connectivity index (χ0v) is 16.0. The van der Waals surface area contributed by atoms with Gasteiger partial charge in [0.1, 0.15) is 11.5 Å². The first-order valence-electron chi connectivity index (χ1n) is 8.63. The molecule has 0 heterocycles. The molecule has 2 aromatic rings. The summed E-state index contributed by atoms with van der Waals surface area (Å²) in [6, 6.07) is 15.0. The minimum absolute atomic E-state index is 0. The van der Waals surface area contributed by atoms with Gasteiger partial charge in [0.2, 0.25) is 0 Å². The normalized spacial score (nSPS) is 9.32. The number of nitrogens with two attached hydrogens (primary N) is 1. The van der Waals surface area contributed by atoms with E-state index in [0.717, 1.165) is 22.9 Å². The number of hydrogen-bond acceptors (Lipinski definition) is 6. The minimum atomic E-state index is -0.202. The molecular formula is C22H38N2O4. The first kappa shape index (κ1) is 27.8. The Morgan fingerprint density at radius 2 is 1.21 bits per heavy atom. The first-order valence-corrected chi connectivity index (χ1v) is 8.63. The molecule has 0 saturated carbocycles. The second-order valence-corrected chi connectivity index (χ2v) is 5.22. The van der Waals surface area contributed by atoms with Crippen molar-refractivity contribution < 1.29 is 18.9 Å². The Balaban J connectivity index is 0. The summed E-state index contributed by atoms with van der Waals surface area (Å²) in [5.74, 6) is 1.69. The summed E-state index contributed by atoms with van der Waals surface area (Å²) in [4.78, 5) is 0.